The minimum absolute atomic E-state index is 0.307. The number of esters is 1. The maximum atomic E-state index is 11.3. The number of carbonyl (C=O) groups is 1. The molecule has 0 saturated carbocycles. The molecule has 1 N–H and O–H groups in total. The van der Waals surface area contributed by atoms with Crippen molar-refractivity contribution in [1.82, 2.24) is 14.9 Å². The van der Waals surface area contributed by atoms with Crippen molar-refractivity contribution in [2.45, 2.75) is 26.1 Å². The van der Waals surface area contributed by atoms with Crippen molar-refractivity contribution in [3.05, 3.63) is 54.1 Å². The van der Waals surface area contributed by atoms with Crippen LogP contribution in [0.2, 0.25) is 0 Å². The zero-order valence-corrected chi connectivity index (χ0v) is 11.7. The highest BCUT2D eigenvalue weighted by molar-refractivity contribution is 5.89. The molecule has 20 heavy (non-hydrogen) atoms. The average molecular weight is 273 g/mol. The average Bonchev–Trinajstić information content (AvgIpc) is 2.97. The zero-order chi connectivity index (χ0) is 14.4. The maximum Gasteiger partial charge on any atom is 0.337 e. The Hall–Kier alpha value is -2.14. The van der Waals surface area contributed by atoms with Gasteiger partial charge in [-0.05, 0) is 24.6 Å². The second-order valence-electron chi connectivity index (χ2n) is 4.73. The first-order valence-electron chi connectivity index (χ1n) is 6.55. The highest BCUT2D eigenvalue weighted by atomic mass is 16.5. The molecule has 0 radical (unpaired) electrons. The smallest absolute Gasteiger partial charge is 0.337 e. The van der Waals surface area contributed by atoms with E-state index in [9.17, 15) is 4.79 Å². The Labute approximate surface area is 118 Å². The lowest BCUT2D eigenvalue weighted by atomic mass is 10.1. The number of hydrogen-bond acceptors (Lipinski definition) is 4. The summed E-state index contributed by atoms with van der Waals surface area (Å²) in [7, 11) is 1.38. The third kappa shape index (κ3) is 3.93. The summed E-state index contributed by atoms with van der Waals surface area (Å²) in [6.07, 6.45) is 5.53. The van der Waals surface area contributed by atoms with Crippen LogP contribution >= 0.6 is 0 Å². The molecule has 0 aliphatic rings. The fraction of sp³-hybridized carbons (Fsp3) is 0.333. The first-order chi connectivity index (χ1) is 9.69. The largest absolute Gasteiger partial charge is 0.465 e. The number of hydrogen-bond donors (Lipinski definition) is 1. The standard InChI is InChI=1S/C15H19N3O2/c1-12(10-18-8-7-16-11-18)17-9-13-3-5-14(6-4-13)15(19)20-2/h3-8,11-12,17H,9-10H2,1-2H3. The number of methoxy groups -OCH3 is 1. The van der Waals surface area contributed by atoms with Crippen LogP contribution in [0.5, 0.6) is 0 Å². The molecule has 0 bridgehead atoms. The summed E-state index contributed by atoms with van der Waals surface area (Å²) < 4.78 is 6.71. The molecule has 0 spiro atoms. The van der Waals surface area contributed by atoms with E-state index in [1.807, 2.05) is 29.2 Å². The Balaban J connectivity index is 1.83. The molecule has 1 aromatic heterocycles. The summed E-state index contributed by atoms with van der Waals surface area (Å²) in [6.45, 7) is 3.76. The lowest BCUT2D eigenvalue weighted by Gasteiger charge is -2.14. The SMILES string of the molecule is COC(=O)c1ccc(CNC(C)Cn2ccnc2)cc1. The van der Waals surface area contributed by atoms with Crippen LogP contribution in [-0.2, 0) is 17.8 Å². The molecule has 2 rings (SSSR count). The summed E-state index contributed by atoms with van der Waals surface area (Å²) in [5.41, 5.74) is 1.71. The van der Waals surface area contributed by atoms with Gasteiger partial charge in [-0.3, -0.25) is 0 Å². The number of rotatable bonds is 6. The summed E-state index contributed by atoms with van der Waals surface area (Å²) >= 11 is 0. The van der Waals surface area contributed by atoms with Crippen LogP contribution in [0.3, 0.4) is 0 Å². The number of imidazole rings is 1. The number of ether oxygens (including phenoxy) is 1. The molecule has 0 amide bonds. The van der Waals surface area contributed by atoms with Crippen molar-refractivity contribution in [2.75, 3.05) is 7.11 Å². The quantitative estimate of drug-likeness (QED) is 0.816. The monoisotopic (exact) mass is 273 g/mol. The van der Waals surface area contributed by atoms with E-state index in [1.165, 1.54) is 7.11 Å². The van der Waals surface area contributed by atoms with Crippen molar-refractivity contribution in [1.29, 1.82) is 0 Å². The Morgan fingerprint density at radius 3 is 2.75 bits per heavy atom. The van der Waals surface area contributed by atoms with Crippen LogP contribution < -0.4 is 5.32 Å². The second-order valence-corrected chi connectivity index (χ2v) is 4.73. The van der Waals surface area contributed by atoms with Gasteiger partial charge in [-0.15, -0.1) is 0 Å². The molecule has 1 heterocycles. The van der Waals surface area contributed by atoms with Gasteiger partial charge in [0.05, 0.1) is 19.0 Å². The van der Waals surface area contributed by atoms with Crippen molar-refractivity contribution < 1.29 is 9.53 Å². The van der Waals surface area contributed by atoms with Crippen LogP contribution in [0.1, 0.15) is 22.8 Å². The van der Waals surface area contributed by atoms with Crippen LogP contribution in [0.4, 0.5) is 0 Å². The lowest BCUT2D eigenvalue weighted by molar-refractivity contribution is 0.0600. The van der Waals surface area contributed by atoms with Crippen LogP contribution in [0.25, 0.3) is 0 Å². The molecule has 1 unspecified atom stereocenters. The third-order valence-corrected chi connectivity index (χ3v) is 3.07. The number of nitrogens with zero attached hydrogens (tertiary/aromatic N) is 2. The normalized spacial score (nSPS) is 12.1. The number of carbonyl (C=O) groups excluding carboxylic acids is 1. The van der Waals surface area contributed by atoms with E-state index in [4.69, 9.17) is 0 Å². The number of aromatic nitrogens is 2. The molecule has 0 fully saturated rings. The van der Waals surface area contributed by atoms with E-state index >= 15 is 0 Å². The fourth-order valence-corrected chi connectivity index (χ4v) is 1.94. The number of nitrogens with one attached hydrogen (secondary N) is 1. The highest BCUT2D eigenvalue weighted by Gasteiger charge is 2.05. The van der Waals surface area contributed by atoms with Gasteiger partial charge < -0.3 is 14.6 Å². The summed E-state index contributed by atoms with van der Waals surface area (Å²) in [5.74, 6) is -0.307. The van der Waals surface area contributed by atoms with E-state index in [-0.39, 0.29) is 5.97 Å². The highest BCUT2D eigenvalue weighted by Crippen LogP contribution is 2.06. The molecule has 1 atom stereocenters. The van der Waals surface area contributed by atoms with Crippen molar-refractivity contribution in [3.63, 3.8) is 0 Å². The van der Waals surface area contributed by atoms with Crippen LogP contribution in [0, 0.1) is 0 Å². The van der Waals surface area contributed by atoms with Crippen LogP contribution in [0.15, 0.2) is 43.0 Å². The molecule has 5 heteroatoms. The van der Waals surface area contributed by atoms with Crippen molar-refractivity contribution in [3.8, 4) is 0 Å². The molecule has 0 aliphatic heterocycles. The first kappa shape index (κ1) is 14.3. The van der Waals surface area contributed by atoms with Gasteiger partial charge in [0.15, 0.2) is 0 Å². The molecule has 5 nitrogen and oxygen atoms in total. The fourth-order valence-electron chi connectivity index (χ4n) is 1.94. The Morgan fingerprint density at radius 1 is 1.40 bits per heavy atom. The van der Waals surface area contributed by atoms with E-state index in [0.717, 1.165) is 18.7 Å². The maximum absolute atomic E-state index is 11.3. The van der Waals surface area contributed by atoms with Gasteiger partial charge in [-0.1, -0.05) is 12.1 Å². The van der Waals surface area contributed by atoms with Crippen molar-refractivity contribution in [2.24, 2.45) is 0 Å². The second kappa shape index (κ2) is 6.86. The molecule has 1 aromatic carbocycles. The predicted octanol–water partition coefficient (Wildman–Crippen LogP) is 1.85. The third-order valence-electron chi connectivity index (χ3n) is 3.07. The van der Waals surface area contributed by atoms with E-state index in [2.05, 4.69) is 22.0 Å². The summed E-state index contributed by atoms with van der Waals surface area (Å²) in [4.78, 5) is 15.3. The number of benzene rings is 1. The first-order valence-corrected chi connectivity index (χ1v) is 6.55. The topological polar surface area (TPSA) is 56.1 Å². The minimum atomic E-state index is -0.307. The van der Waals surface area contributed by atoms with Gasteiger partial charge in [-0.2, -0.15) is 0 Å². The van der Waals surface area contributed by atoms with Gasteiger partial charge in [0.1, 0.15) is 0 Å². The van der Waals surface area contributed by atoms with E-state index < -0.39 is 0 Å². The van der Waals surface area contributed by atoms with Gasteiger partial charge in [-0.25, -0.2) is 9.78 Å². The summed E-state index contributed by atoms with van der Waals surface area (Å²) in [5, 5.41) is 3.44. The van der Waals surface area contributed by atoms with E-state index in [1.54, 1.807) is 18.3 Å². The van der Waals surface area contributed by atoms with Crippen molar-refractivity contribution >= 4 is 5.97 Å². The van der Waals surface area contributed by atoms with E-state index in [0.29, 0.717) is 11.6 Å². The lowest BCUT2D eigenvalue weighted by Crippen LogP contribution is -2.29. The molecular weight excluding hydrogens is 254 g/mol. The van der Waals surface area contributed by atoms with Gasteiger partial charge in [0.2, 0.25) is 0 Å². The Morgan fingerprint density at radius 2 is 2.15 bits per heavy atom. The van der Waals surface area contributed by atoms with Gasteiger partial charge in [0, 0.05) is 31.5 Å². The molecule has 0 aliphatic carbocycles. The van der Waals surface area contributed by atoms with Crippen LogP contribution in [-0.4, -0.2) is 28.7 Å². The molecule has 2 aromatic rings. The Bertz CT molecular complexity index is 535. The minimum Gasteiger partial charge on any atom is -0.465 e. The zero-order valence-electron chi connectivity index (χ0n) is 11.7. The van der Waals surface area contributed by atoms with Gasteiger partial charge >= 0.3 is 5.97 Å². The molecule has 0 saturated heterocycles. The summed E-state index contributed by atoms with van der Waals surface area (Å²) in [6, 6.07) is 7.77. The predicted molar refractivity (Wildman–Crippen MR) is 76.3 cm³/mol. The molecular formula is C15H19N3O2. The van der Waals surface area contributed by atoms with Gasteiger partial charge in [0.25, 0.3) is 0 Å². The molecule has 106 valence electrons. The Kier molecular flexibility index (Phi) is 4.90.